The zero-order chi connectivity index (χ0) is 14.0. The molecule has 0 bridgehead atoms. The van der Waals surface area contributed by atoms with Crippen LogP contribution in [0.5, 0.6) is 0 Å². The van der Waals surface area contributed by atoms with Crippen molar-refractivity contribution in [2.24, 2.45) is 5.92 Å². The Balaban J connectivity index is 2.12. The number of hydrogen-bond donors (Lipinski definition) is 1. The number of hydrogen-bond acceptors (Lipinski definition) is 3. The molecule has 0 radical (unpaired) electrons. The first-order valence-corrected chi connectivity index (χ1v) is 7.81. The molecule has 0 saturated carbocycles. The molecule has 4 heteroatoms. The van der Waals surface area contributed by atoms with E-state index in [9.17, 15) is 4.79 Å². The normalized spacial score (nSPS) is 33.4. The first-order chi connectivity index (χ1) is 9.04. The molecule has 0 aromatic carbocycles. The van der Waals surface area contributed by atoms with Crippen LogP contribution >= 0.6 is 0 Å². The minimum Gasteiger partial charge on any atom is -0.321 e. The lowest BCUT2D eigenvalue weighted by molar-refractivity contribution is -0.134. The average molecular weight is 267 g/mol. The zero-order valence-electron chi connectivity index (χ0n) is 12.9. The van der Waals surface area contributed by atoms with E-state index in [1.54, 1.807) is 0 Å². The molecule has 0 aromatic rings. The van der Waals surface area contributed by atoms with Gasteiger partial charge in [-0.25, -0.2) is 0 Å². The summed E-state index contributed by atoms with van der Waals surface area (Å²) in [7, 11) is 2.16. The summed E-state index contributed by atoms with van der Waals surface area (Å²) < 4.78 is 0. The van der Waals surface area contributed by atoms with E-state index in [1.165, 1.54) is 6.42 Å². The highest BCUT2D eigenvalue weighted by molar-refractivity contribution is 5.84. The molecular formula is C15H29N3O. The number of likely N-dealkylation sites (N-methyl/N-ethyl adjacent to an activating group) is 1. The highest BCUT2D eigenvalue weighted by Gasteiger charge is 2.43. The standard InChI is InChI=1S/C15H29N3O/c1-5-7-13-15(19)18(14(16-13)11(2)3)12-8-6-9-17(4)10-12/h11-14,16H,5-10H2,1-4H3. The van der Waals surface area contributed by atoms with E-state index in [2.05, 4.69) is 42.9 Å². The van der Waals surface area contributed by atoms with Crippen molar-refractivity contribution in [1.29, 1.82) is 0 Å². The smallest absolute Gasteiger partial charge is 0.241 e. The summed E-state index contributed by atoms with van der Waals surface area (Å²) in [5.74, 6) is 0.805. The summed E-state index contributed by atoms with van der Waals surface area (Å²) in [6.45, 7) is 8.75. The van der Waals surface area contributed by atoms with Crippen molar-refractivity contribution >= 4 is 5.91 Å². The van der Waals surface area contributed by atoms with Crippen molar-refractivity contribution in [2.75, 3.05) is 20.1 Å². The summed E-state index contributed by atoms with van der Waals surface area (Å²) in [5, 5.41) is 3.56. The first-order valence-electron chi connectivity index (χ1n) is 7.81. The number of rotatable bonds is 4. The van der Waals surface area contributed by atoms with Crippen molar-refractivity contribution in [3.63, 3.8) is 0 Å². The maximum atomic E-state index is 12.7. The molecule has 2 fully saturated rings. The third-order valence-corrected chi connectivity index (χ3v) is 4.43. The van der Waals surface area contributed by atoms with Crippen molar-refractivity contribution < 1.29 is 4.79 Å². The van der Waals surface area contributed by atoms with Gasteiger partial charge in [-0.3, -0.25) is 10.1 Å². The van der Waals surface area contributed by atoms with Gasteiger partial charge in [0.2, 0.25) is 5.91 Å². The van der Waals surface area contributed by atoms with E-state index < -0.39 is 0 Å². The lowest BCUT2D eigenvalue weighted by Gasteiger charge is -2.39. The Bertz CT molecular complexity index is 319. The second-order valence-electron chi connectivity index (χ2n) is 6.50. The van der Waals surface area contributed by atoms with E-state index in [0.29, 0.717) is 17.9 Å². The highest BCUT2D eigenvalue weighted by atomic mass is 16.2. The van der Waals surface area contributed by atoms with Gasteiger partial charge in [0.15, 0.2) is 0 Å². The van der Waals surface area contributed by atoms with Gasteiger partial charge in [-0.1, -0.05) is 27.2 Å². The molecule has 4 nitrogen and oxygen atoms in total. The van der Waals surface area contributed by atoms with Crippen LogP contribution in [0.3, 0.4) is 0 Å². The number of nitrogens with zero attached hydrogens (tertiary/aromatic N) is 2. The minimum absolute atomic E-state index is 0.0460. The molecule has 2 saturated heterocycles. The molecule has 3 unspecified atom stereocenters. The minimum atomic E-state index is 0.0460. The molecular weight excluding hydrogens is 238 g/mol. The van der Waals surface area contributed by atoms with Crippen molar-refractivity contribution in [1.82, 2.24) is 15.1 Å². The fourth-order valence-corrected chi connectivity index (χ4v) is 3.46. The average Bonchev–Trinajstić information content (AvgIpc) is 2.68. The molecule has 0 aromatic heterocycles. The molecule has 2 rings (SSSR count). The number of carbonyl (C=O) groups is 1. The van der Waals surface area contributed by atoms with E-state index in [4.69, 9.17) is 0 Å². The van der Waals surface area contributed by atoms with Gasteiger partial charge in [0, 0.05) is 12.6 Å². The molecule has 2 aliphatic heterocycles. The number of amides is 1. The fraction of sp³-hybridized carbons (Fsp3) is 0.933. The number of likely N-dealkylation sites (tertiary alicyclic amines) is 1. The molecule has 0 spiro atoms. The fourth-order valence-electron chi connectivity index (χ4n) is 3.46. The van der Waals surface area contributed by atoms with Crippen LogP contribution < -0.4 is 5.32 Å². The SMILES string of the molecule is CCCC1NC(C(C)C)N(C2CCCN(C)C2)C1=O. The van der Waals surface area contributed by atoms with Crippen molar-refractivity contribution in [2.45, 2.75) is 64.7 Å². The largest absolute Gasteiger partial charge is 0.321 e. The Morgan fingerprint density at radius 1 is 1.42 bits per heavy atom. The van der Waals surface area contributed by atoms with E-state index in [1.807, 2.05) is 0 Å². The van der Waals surface area contributed by atoms with Crippen LogP contribution in [-0.4, -0.2) is 54.1 Å². The van der Waals surface area contributed by atoms with Crippen LogP contribution in [0.2, 0.25) is 0 Å². The molecule has 3 atom stereocenters. The highest BCUT2D eigenvalue weighted by Crippen LogP contribution is 2.26. The van der Waals surface area contributed by atoms with Gasteiger partial charge < -0.3 is 9.80 Å². The monoisotopic (exact) mass is 267 g/mol. The van der Waals surface area contributed by atoms with Gasteiger partial charge in [0.25, 0.3) is 0 Å². The lowest BCUT2D eigenvalue weighted by atomic mass is 10.0. The predicted octanol–water partition coefficient (Wildman–Crippen LogP) is 1.66. The molecule has 1 N–H and O–H groups in total. The topological polar surface area (TPSA) is 35.6 Å². The van der Waals surface area contributed by atoms with E-state index in [0.717, 1.165) is 32.4 Å². The molecule has 2 heterocycles. The summed E-state index contributed by atoms with van der Waals surface area (Å²) >= 11 is 0. The van der Waals surface area contributed by atoms with Crippen molar-refractivity contribution in [3.8, 4) is 0 Å². The number of carbonyl (C=O) groups excluding carboxylic acids is 1. The van der Waals surface area contributed by atoms with Gasteiger partial charge in [-0.2, -0.15) is 0 Å². The second kappa shape index (κ2) is 6.23. The van der Waals surface area contributed by atoms with Gasteiger partial charge in [0.1, 0.15) is 0 Å². The molecule has 1 amide bonds. The van der Waals surface area contributed by atoms with Crippen LogP contribution in [0.25, 0.3) is 0 Å². The Hall–Kier alpha value is -0.610. The maximum Gasteiger partial charge on any atom is 0.241 e. The zero-order valence-corrected chi connectivity index (χ0v) is 12.9. The van der Waals surface area contributed by atoms with Gasteiger partial charge in [-0.05, 0) is 38.8 Å². The molecule has 2 aliphatic rings. The van der Waals surface area contributed by atoms with Crippen LogP contribution in [0.4, 0.5) is 0 Å². The predicted molar refractivity (Wildman–Crippen MR) is 77.8 cm³/mol. The lowest BCUT2D eigenvalue weighted by Crippen LogP contribution is -2.53. The van der Waals surface area contributed by atoms with Gasteiger partial charge in [0.05, 0.1) is 12.2 Å². The molecule has 110 valence electrons. The Morgan fingerprint density at radius 3 is 2.74 bits per heavy atom. The van der Waals surface area contributed by atoms with Crippen LogP contribution in [0.1, 0.15) is 46.5 Å². The summed E-state index contributed by atoms with van der Waals surface area (Å²) in [5.41, 5.74) is 0. The van der Waals surface area contributed by atoms with Gasteiger partial charge in [-0.15, -0.1) is 0 Å². The first kappa shape index (κ1) is 14.8. The van der Waals surface area contributed by atoms with E-state index >= 15 is 0 Å². The summed E-state index contributed by atoms with van der Waals surface area (Å²) in [6.07, 6.45) is 4.60. The van der Waals surface area contributed by atoms with Crippen molar-refractivity contribution in [3.05, 3.63) is 0 Å². The summed E-state index contributed by atoms with van der Waals surface area (Å²) in [4.78, 5) is 17.2. The third kappa shape index (κ3) is 3.11. The van der Waals surface area contributed by atoms with Crippen LogP contribution in [-0.2, 0) is 4.79 Å². The van der Waals surface area contributed by atoms with Crippen LogP contribution in [0, 0.1) is 5.92 Å². The van der Waals surface area contributed by atoms with E-state index in [-0.39, 0.29) is 12.2 Å². The number of nitrogens with one attached hydrogen (secondary N) is 1. The maximum absolute atomic E-state index is 12.7. The van der Waals surface area contributed by atoms with Gasteiger partial charge >= 0.3 is 0 Å². The second-order valence-corrected chi connectivity index (χ2v) is 6.50. The third-order valence-electron chi connectivity index (χ3n) is 4.43. The molecule has 0 aliphatic carbocycles. The Labute approximate surface area is 117 Å². The number of piperidine rings is 1. The Kier molecular flexibility index (Phi) is 4.85. The molecule has 19 heavy (non-hydrogen) atoms. The Morgan fingerprint density at radius 2 is 2.16 bits per heavy atom. The summed E-state index contributed by atoms with van der Waals surface area (Å²) in [6, 6.07) is 0.442. The van der Waals surface area contributed by atoms with Crippen LogP contribution in [0.15, 0.2) is 0 Å². The quantitative estimate of drug-likeness (QED) is 0.841.